The van der Waals surface area contributed by atoms with Gasteiger partial charge in [0.05, 0.1) is 26.4 Å². The summed E-state index contributed by atoms with van der Waals surface area (Å²) in [6.07, 6.45) is 1.35. The highest BCUT2D eigenvalue weighted by atomic mass is 79.9. The van der Waals surface area contributed by atoms with Crippen LogP contribution in [-0.2, 0) is 6.54 Å². The van der Waals surface area contributed by atoms with E-state index in [1.165, 1.54) is 0 Å². The SMILES string of the molecule is COc1ccc(CN(C)[C@@H]2CN(c3ccc(Br)cn3)C[C@H]2O)cc1OC. The van der Waals surface area contributed by atoms with Crippen molar-refractivity contribution in [1.29, 1.82) is 0 Å². The maximum absolute atomic E-state index is 10.5. The number of likely N-dealkylation sites (N-methyl/N-ethyl adjacent to an activating group) is 1. The molecule has 26 heavy (non-hydrogen) atoms. The first-order valence-corrected chi connectivity index (χ1v) is 9.27. The second kappa shape index (κ2) is 8.24. The molecule has 140 valence electrons. The summed E-state index contributed by atoms with van der Waals surface area (Å²) in [5.41, 5.74) is 1.11. The van der Waals surface area contributed by atoms with Gasteiger partial charge in [0.15, 0.2) is 11.5 Å². The summed E-state index contributed by atoms with van der Waals surface area (Å²) in [7, 11) is 5.29. The molecule has 2 atom stereocenters. The second-order valence-corrected chi connectivity index (χ2v) is 7.39. The van der Waals surface area contributed by atoms with E-state index < -0.39 is 6.10 Å². The summed E-state index contributed by atoms with van der Waals surface area (Å²) in [5, 5.41) is 10.5. The molecule has 1 aromatic heterocycles. The number of aliphatic hydroxyl groups is 1. The summed E-state index contributed by atoms with van der Waals surface area (Å²) < 4.78 is 11.6. The first-order valence-electron chi connectivity index (χ1n) is 8.47. The van der Waals surface area contributed by atoms with Crippen LogP contribution in [0, 0.1) is 0 Å². The van der Waals surface area contributed by atoms with Gasteiger partial charge >= 0.3 is 0 Å². The van der Waals surface area contributed by atoms with E-state index in [1.54, 1.807) is 20.4 Å². The molecule has 1 saturated heterocycles. The van der Waals surface area contributed by atoms with E-state index in [4.69, 9.17) is 9.47 Å². The van der Waals surface area contributed by atoms with Gasteiger partial charge in [-0.15, -0.1) is 0 Å². The number of hydrogen-bond acceptors (Lipinski definition) is 6. The van der Waals surface area contributed by atoms with Crippen molar-refractivity contribution < 1.29 is 14.6 Å². The minimum atomic E-state index is -0.425. The number of rotatable bonds is 6. The Morgan fingerprint density at radius 1 is 1.19 bits per heavy atom. The van der Waals surface area contributed by atoms with Crippen molar-refractivity contribution in [1.82, 2.24) is 9.88 Å². The maximum atomic E-state index is 10.5. The van der Waals surface area contributed by atoms with Crippen LogP contribution >= 0.6 is 15.9 Å². The lowest BCUT2D eigenvalue weighted by Gasteiger charge is -2.26. The molecule has 0 aliphatic carbocycles. The first kappa shape index (κ1) is 18.9. The number of aliphatic hydroxyl groups excluding tert-OH is 1. The Morgan fingerprint density at radius 2 is 1.96 bits per heavy atom. The van der Waals surface area contributed by atoms with Crippen molar-refractivity contribution in [3.8, 4) is 11.5 Å². The molecular formula is C19H24BrN3O3. The van der Waals surface area contributed by atoms with Gasteiger partial charge in [-0.1, -0.05) is 6.07 Å². The van der Waals surface area contributed by atoms with Crippen LogP contribution < -0.4 is 14.4 Å². The van der Waals surface area contributed by atoms with Crippen molar-refractivity contribution in [2.24, 2.45) is 0 Å². The number of halogens is 1. The van der Waals surface area contributed by atoms with Crippen molar-refractivity contribution in [3.05, 3.63) is 46.6 Å². The molecule has 2 heterocycles. The van der Waals surface area contributed by atoms with Crippen LogP contribution in [0.5, 0.6) is 11.5 Å². The Bertz CT molecular complexity index is 741. The van der Waals surface area contributed by atoms with Gasteiger partial charge in [0, 0.05) is 30.3 Å². The molecule has 1 N–H and O–H groups in total. The standard InChI is InChI=1S/C19H24BrN3O3/c1-22(10-13-4-6-17(25-2)18(8-13)26-3)15-11-23(12-16(15)24)19-7-5-14(20)9-21-19/h4-9,15-16,24H,10-12H2,1-3H3/t15-,16-/m1/s1. The summed E-state index contributed by atoms with van der Waals surface area (Å²) in [6, 6.07) is 9.87. The third kappa shape index (κ3) is 4.11. The van der Waals surface area contributed by atoms with Gasteiger partial charge < -0.3 is 19.5 Å². The molecule has 0 amide bonds. The number of nitrogens with zero attached hydrogens (tertiary/aromatic N) is 3. The fraction of sp³-hybridized carbons (Fsp3) is 0.421. The lowest BCUT2D eigenvalue weighted by atomic mass is 10.1. The fourth-order valence-corrected chi connectivity index (χ4v) is 3.56. The highest BCUT2D eigenvalue weighted by molar-refractivity contribution is 9.10. The Morgan fingerprint density at radius 3 is 2.62 bits per heavy atom. The monoisotopic (exact) mass is 421 g/mol. The highest BCUT2D eigenvalue weighted by Crippen LogP contribution is 2.29. The maximum Gasteiger partial charge on any atom is 0.161 e. The number of β-amino-alcohol motifs (C(OH)–C–C–N with tert-alkyl or cyclic N) is 1. The number of benzene rings is 1. The molecule has 0 saturated carbocycles. The van der Waals surface area contributed by atoms with Crippen LogP contribution in [-0.4, -0.2) is 61.5 Å². The molecule has 1 aromatic carbocycles. The Labute approximate surface area is 162 Å². The molecule has 3 rings (SSSR count). The molecule has 0 unspecified atom stereocenters. The second-order valence-electron chi connectivity index (χ2n) is 6.48. The average Bonchev–Trinajstić information content (AvgIpc) is 3.04. The van der Waals surface area contributed by atoms with Crippen molar-refractivity contribution in [2.45, 2.75) is 18.7 Å². The van der Waals surface area contributed by atoms with E-state index >= 15 is 0 Å². The highest BCUT2D eigenvalue weighted by Gasteiger charge is 2.34. The van der Waals surface area contributed by atoms with E-state index in [-0.39, 0.29) is 6.04 Å². The third-order valence-electron chi connectivity index (χ3n) is 4.74. The van der Waals surface area contributed by atoms with Crippen molar-refractivity contribution in [2.75, 3.05) is 39.3 Å². The fourth-order valence-electron chi connectivity index (χ4n) is 3.33. The molecular weight excluding hydrogens is 398 g/mol. The minimum Gasteiger partial charge on any atom is -0.493 e. The van der Waals surface area contributed by atoms with Gasteiger partial charge in [-0.25, -0.2) is 4.98 Å². The smallest absolute Gasteiger partial charge is 0.161 e. The molecule has 7 heteroatoms. The quantitative estimate of drug-likeness (QED) is 0.773. The Balaban J connectivity index is 1.68. The molecule has 0 bridgehead atoms. The average molecular weight is 422 g/mol. The minimum absolute atomic E-state index is 0.0357. The van der Waals surface area contributed by atoms with Gasteiger partial charge in [0.1, 0.15) is 5.82 Å². The number of pyridine rings is 1. The predicted molar refractivity (Wildman–Crippen MR) is 105 cm³/mol. The number of hydrogen-bond donors (Lipinski definition) is 1. The van der Waals surface area contributed by atoms with Crippen LogP contribution in [0.1, 0.15) is 5.56 Å². The van der Waals surface area contributed by atoms with E-state index in [9.17, 15) is 5.11 Å². The largest absolute Gasteiger partial charge is 0.493 e. The van der Waals surface area contributed by atoms with Crippen LogP contribution in [0.4, 0.5) is 5.82 Å². The molecule has 1 fully saturated rings. The van der Waals surface area contributed by atoms with Crippen molar-refractivity contribution in [3.63, 3.8) is 0 Å². The van der Waals surface area contributed by atoms with E-state index in [1.807, 2.05) is 37.4 Å². The van der Waals surface area contributed by atoms with E-state index in [2.05, 4.69) is 30.7 Å². The summed E-state index contributed by atoms with van der Waals surface area (Å²) in [4.78, 5) is 8.72. The van der Waals surface area contributed by atoms with Crippen LogP contribution in [0.3, 0.4) is 0 Å². The Hall–Kier alpha value is -1.83. The van der Waals surface area contributed by atoms with E-state index in [0.29, 0.717) is 24.6 Å². The number of aromatic nitrogens is 1. The zero-order valence-electron chi connectivity index (χ0n) is 15.2. The molecule has 0 radical (unpaired) electrons. The zero-order chi connectivity index (χ0) is 18.7. The van der Waals surface area contributed by atoms with Gasteiger partial charge in [-0.05, 0) is 52.8 Å². The van der Waals surface area contributed by atoms with Crippen molar-refractivity contribution >= 4 is 21.7 Å². The van der Waals surface area contributed by atoms with Crippen LogP contribution in [0.25, 0.3) is 0 Å². The molecule has 2 aromatic rings. The van der Waals surface area contributed by atoms with E-state index in [0.717, 1.165) is 22.4 Å². The third-order valence-corrected chi connectivity index (χ3v) is 5.21. The number of ether oxygens (including phenoxy) is 2. The van der Waals surface area contributed by atoms with Gasteiger partial charge in [-0.3, -0.25) is 4.90 Å². The molecule has 1 aliphatic rings. The molecule has 6 nitrogen and oxygen atoms in total. The summed E-state index contributed by atoms with van der Waals surface area (Å²) in [6.45, 7) is 2.03. The summed E-state index contributed by atoms with van der Waals surface area (Å²) in [5.74, 6) is 2.31. The normalized spacial score (nSPS) is 19.8. The Kier molecular flexibility index (Phi) is 6.01. The summed E-state index contributed by atoms with van der Waals surface area (Å²) >= 11 is 3.40. The number of anilines is 1. The topological polar surface area (TPSA) is 58.1 Å². The predicted octanol–water partition coefficient (Wildman–Crippen LogP) is 2.54. The lowest BCUT2D eigenvalue weighted by Crippen LogP contribution is -2.40. The van der Waals surface area contributed by atoms with Crippen LogP contribution in [0.2, 0.25) is 0 Å². The van der Waals surface area contributed by atoms with Crippen LogP contribution in [0.15, 0.2) is 41.0 Å². The van der Waals surface area contributed by atoms with Gasteiger partial charge in [0.25, 0.3) is 0 Å². The van der Waals surface area contributed by atoms with Gasteiger partial charge in [-0.2, -0.15) is 0 Å². The number of methoxy groups -OCH3 is 2. The zero-order valence-corrected chi connectivity index (χ0v) is 16.8. The van der Waals surface area contributed by atoms with Gasteiger partial charge in [0.2, 0.25) is 0 Å². The first-order chi connectivity index (χ1) is 12.5. The lowest BCUT2D eigenvalue weighted by molar-refractivity contribution is 0.0956. The molecule has 0 spiro atoms. The molecule has 1 aliphatic heterocycles.